The van der Waals surface area contributed by atoms with Gasteiger partial charge in [0.25, 0.3) is 0 Å². The second-order valence-electron chi connectivity index (χ2n) is 5.77. The molecule has 3 nitrogen and oxygen atoms in total. The quantitative estimate of drug-likeness (QED) is 0.716. The second kappa shape index (κ2) is 6.67. The van der Waals surface area contributed by atoms with Crippen molar-refractivity contribution in [2.45, 2.75) is 13.0 Å². The van der Waals surface area contributed by atoms with Crippen molar-refractivity contribution in [3.63, 3.8) is 0 Å². The summed E-state index contributed by atoms with van der Waals surface area (Å²) in [7, 11) is 0. The molecule has 0 saturated carbocycles. The number of fused-ring (bicyclic) bond motifs is 1. The van der Waals surface area contributed by atoms with Crippen LogP contribution in [0.15, 0.2) is 72.8 Å². The van der Waals surface area contributed by atoms with Gasteiger partial charge in [0.15, 0.2) is 5.75 Å². The first kappa shape index (κ1) is 14.6. The molecule has 1 heterocycles. The first-order chi connectivity index (χ1) is 11.9. The summed E-state index contributed by atoms with van der Waals surface area (Å²) in [4.78, 5) is 0. The lowest BCUT2D eigenvalue weighted by Gasteiger charge is -2.14. The minimum absolute atomic E-state index is 0.707. The zero-order chi connectivity index (χ0) is 16.2. The molecule has 0 fully saturated rings. The van der Waals surface area contributed by atoms with Crippen LogP contribution < -0.4 is 14.8 Å². The Hall–Kier alpha value is -2.94. The number of anilines is 1. The number of ether oxygens (including phenoxy) is 2. The van der Waals surface area contributed by atoms with Crippen molar-refractivity contribution in [3.05, 3.63) is 83.9 Å². The van der Waals surface area contributed by atoms with Crippen molar-refractivity contribution in [3.8, 4) is 17.2 Å². The minimum Gasteiger partial charge on any atom is -0.493 e. The molecule has 0 amide bonds. The second-order valence-corrected chi connectivity index (χ2v) is 5.77. The highest BCUT2D eigenvalue weighted by molar-refractivity contribution is 5.58. The van der Waals surface area contributed by atoms with Crippen molar-refractivity contribution in [2.24, 2.45) is 0 Å². The van der Waals surface area contributed by atoms with Crippen LogP contribution in [0.1, 0.15) is 11.1 Å². The summed E-state index contributed by atoms with van der Waals surface area (Å²) in [5.41, 5.74) is 3.44. The van der Waals surface area contributed by atoms with Crippen LogP contribution in [0, 0.1) is 0 Å². The molecule has 3 aromatic rings. The van der Waals surface area contributed by atoms with Gasteiger partial charge in [0.05, 0.1) is 12.3 Å². The maximum Gasteiger partial charge on any atom is 0.150 e. The van der Waals surface area contributed by atoms with E-state index in [4.69, 9.17) is 9.47 Å². The third-order valence-corrected chi connectivity index (χ3v) is 4.12. The molecule has 0 aliphatic carbocycles. The van der Waals surface area contributed by atoms with Gasteiger partial charge in [0.1, 0.15) is 11.5 Å². The molecular weight excluding hydrogens is 298 g/mol. The summed E-state index contributed by atoms with van der Waals surface area (Å²) in [6.45, 7) is 1.48. The Labute approximate surface area is 141 Å². The van der Waals surface area contributed by atoms with E-state index in [0.29, 0.717) is 6.54 Å². The van der Waals surface area contributed by atoms with Gasteiger partial charge < -0.3 is 14.8 Å². The Morgan fingerprint density at radius 1 is 0.875 bits per heavy atom. The fourth-order valence-electron chi connectivity index (χ4n) is 2.93. The van der Waals surface area contributed by atoms with Crippen LogP contribution in [-0.4, -0.2) is 6.61 Å². The van der Waals surface area contributed by atoms with Crippen molar-refractivity contribution in [1.29, 1.82) is 0 Å². The van der Waals surface area contributed by atoms with Crippen LogP contribution in [0.2, 0.25) is 0 Å². The molecule has 3 aromatic carbocycles. The van der Waals surface area contributed by atoms with E-state index in [2.05, 4.69) is 23.5 Å². The highest BCUT2D eigenvalue weighted by atomic mass is 16.5. The van der Waals surface area contributed by atoms with Crippen LogP contribution in [-0.2, 0) is 13.0 Å². The maximum atomic E-state index is 6.00. The van der Waals surface area contributed by atoms with E-state index in [1.54, 1.807) is 0 Å². The summed E-state index contributed by atoms with van der Waals surface area (Å²) < 4.78 is 11.8. The van der Waals surface area contributed by atoms with Crippen molar-refractivity contribution >= 4 is 5.69 Å². The van der Waals surface area contributed by atoms with Crippen molar-refractivity contribution < 1.29 is 9.47 Å². The topological polar surface area (TPSA) is 30.5 Å². The zero-order valence-corrected chi connectivity index (χ0v) is 13.4. The maximum absolute atomic E-state index is 6.00. The normalized spacial score (nSPS) is 12.3. The van der Waals surface area contributed by atoms with Crippen LogP contribution in [0.5, 0.6) is 17.2 Å². The van der Waals surface area contributed by atoms with Crippen LogP contribution in [0.25, 0.3) is 0 Å². The number of hydrogen-bond acceptors (Lipinski definition) is 3. The van der Waals surface area contributed by atoms with Gasteiger partial charge in [0.2, 0.25) is 0 Å². The lowest BCUT2D eigenvalue weighted by molar-refractivity contribution is 0.354. The van der Waals surface area contributed by atoms with E-state index in [-0.39, 0.29) is 0 Å². The average molecular weight is 317 g/mol. The molecule has 3 heteroatoms. The summed E-state index contributed by atoms with van der Waals surface area (Å²) in [5, 5.41) is 3.47. The zero-order valence-electron chi connectivity index (χ0n) is 13.4. The SMILES string of the molecule is c1ccc(Oc2ccccc2NCc2cccc3c2OCC3)cc1. The molecule has 0 saturated heterocycles. The number of para-hydroxylation sites is 4. The van der Waals surface area contributed by atoms with Gasteiger partial charge in [-0.3, -0.25) is 0 Å². The van der Waals surface area contributed by atoms with E-state index >= 15 is 0 Å². The van der Waals surface area contributed by atoms with Gasteiger partial charge in [0, 0.05) is 18.5 Å². The minimum atomic E-state index is 0.707. The van der Waals surface area contributed by atoms with Gasteiger partial charge in [-0.25, -0.2) is 0 Å². The first-order valence-electron chi connectivity index (χ1n) is 8.19. The van der Waals surface area contributed by atoms with Gasteiger partial charge >= 0.3 is 0 Å². The summed E-state index contributed by atoms with van der Waals surface area (Å²) in [6, 6.07) is 24.2. The number of benzene rings is 3. The lowest BCUT2D eigenvalue weighted by atomic mass is 10.1. The smallest absolute Gasteiger partial charge is 0.150 e. The molecule has 0 unspecified atom stereocenters. The Kier molecular flexibility index (Phi) is 4.07. The Morgan fingerprint density at radius 3 is 2.62 bits per heavy atom. The van der Waals surface area contributed by atoms with Crippen molar-refractivity contribution in [2.75, 3.05) is 11.9 Å². The summed E-state index contributed by atoms with van der Waals surface area (Å²) in [6.07, 6.45) is 0.997. The molecule has 1 aliphatic rings. The Bertz CT molecular complexity index is 830. The molecule has 1 aliphatic heterocycles. The summed E-state index contributed by atoms with van der Waals surface area (Å²) in [5.74, 6) is 2.68. The van der Waals surface area contributed by atoms with E-state index < -0.39 is 0 Å². The predicted molar refractivity (Wildman–Crippen MR) is 95.9 cm³/mol. The van der Waals surface area contributed by atoms with E-state index in [1.807, 2.05) is 54.6 Å². The van der Waals surface area contributed by atoms with E-state index in [9.17, 15) is 0 Å². The van der Waals surface area contributed by atoms with Gasteiger partial charge in [-0.2, -0.15) is 0 Å². The molecule has 1 N–H and O–H groups in total. The number of hydrogen-bond donors (Lipinski definition) is 1. The molecule has 4 rings (SSSR count). The standard InChI is InChI=1S/C21H19NO2/c1-2-9-18(10-3-1)24-20-12-5-4-11-19(20)22-15-17-8-6-7-16-13-14-23-21(16)17/h1-12,22H,13-15H2. The molecule has 0 radical (unpaired) electrons. The van der Waals surface area contributed by atoms with E-state index in [0.717, 1.165) is 36.0 Å². The van der Waals surface area contributed by atoms with Crippen molar-refractivity contribution in [1.82, 2.24) is 0 Å². The third kappa shape index (κ3) is 3.06. The number of nitrogens with one attached hydrogen (secondary N) is 1. The predicted octanol–water partition coefficient (Wildman–Crippen LogP) is 5.03. The van der Waals surface area contributed by atoms with E-state index in [1.165, 1.54) is 11.1 Å². The molecule has 24 heavy (non-hydrogen) atoms. The first-order valence-corrected chi connectivity index (χ1v) is 8.19. The molecule has 0 spiro atoms. The van der Waals surface area contributed by atoms with Gasteiger partial charge in [-0.05, 0) is 29.8 Å². The lowest BCUT2D eigenvalue weighted by Crippen LogP contribution is -2.02. The van der Waals surface area contributed by atoms with Gasteiger partial charge in [-0.1, -0.05) is 48.5 Å². The highest BCUT2D eigenvalue weighted by Gasteiger charge is 2.15. The fourth-order valence-corrected chi connectivity index (χ4v) is 2.93. The fraction of sp³-hybridized carbons (Fsp3) is 0.143. The van der Waals surface area contributed by atoms with Gasteiger partial charge in [-0.15, -0.1) is 0 Å². The summed E-state index contributed by atoms with van der Waals surface area (Å²) >= 11 is 0. The van der Waals surface area contributed by atoms with Crippen LogP contribution in [0.3, 0.4) is 0 Å². The Balaban J connectivity index is 1.52. The molecule has 0 bridgehead atoms. The Morgan fingerprint density at radius 2 is 1.71 bits per heavy atom. The molecule has 0 aromatic heterocycles. The highest BCUT2D eigenvalue weighted by Crippen LogP contribution is 2.32. The van der Waals surface area contributed by atoms with Crippen LogP contribution >= 0.6 is 0 Å². The molecule has 120 valence electrons. The molecular formula is C21H19NO2. The third-order valence-electron chi connectivity index (χ3n) is 4.12. The average Bonchev–Trinajstić information content (AvgIpc) is 3.11. The van der Waals surface area contributed by atoms with Crippen LogP contribution in [0.4, 0.5) is 5.69 Å². The molecule has 0 atom stereocenters. The monoisotopic (exact) mass is 317 g/mol. The number of rotatable bonds is 5. The largest absolute Gasteiger partial charge is 0.493 e.